The normalized spacial score (nSPS) is 7.64. The number of nitriles is 1. The van der Waals surface area contributed by atoms with Crippen LogP contribution >= 0.6 is 0 Å². The van der Waals surface area contributed by atoms with Crippen molar-refractivity contribution in [3.63, 3.8) is 0 Å². The third kappa shape index (κ3) is 2.04. The predicted octanol–water partition coefficient (Wildman–Crippen LogP) is 0.491. The van der Waals surface area contributed by atoms with Crippen molar-refractivity contribution >= 4 is 0 Å². The third-order valence-electron chi connectivity index (χ3n) is 0.883. The van der Waals surface area contributed by atoms with E-state index < -0.39 is 6.08 Å². The molecule has 0 unspecified atom stereocenters. The number of halogens is 1. The third-order valence-corrected chi connectivity index (χ3v) is 0.883. The highest BCUT2D eigenvalue weighted by molar-refractivity contribution is 5.33. The first-order valence-electron chi connectivity index (χ1n) is 2.70. The van der Waals surface area contributed by atoms with E-state index in [0.717, 1.165) is 0 Å². The lowest BCUT2D eigenvalue weighted by Crippen LogP contribution is -1.87. The molecule has 11 heavy (non-hydrogen) atoms. The van der Waals surface area contributed by atoms with Gasteiger partial charge in [0, 0.05) is 18.3 Å². The number of hydrogen-bond acceptors (Lipinski definition) is 3. The van der Waals surface area contributed by atoms with Crippen LogP contribution in [0, 0.1) is 29.3 Å². The van der Waals surface area contributed by atoms with Gasteiger partial charge in [-0.1, -0.05) is 0 Å². The first kappa shape index (κ1) is 7.17. The van der Waals surface area contributed by atoms with Crippen molar-refractivity contribution in [1.82, 2.24) is 9.97 Å². The Morgan fingerprint density at radius 2 is 2.00 bits per heavy atom. The lowest BCUT2D eigenvalue weighted by molar-refractivity contribution is 0.538. The highest BCUT2D eigenvalue weighted by atomic mass is 19.1. The zero-order valence-electron chi connectivity index (χ0n) is 5.37. The number of aromatic nitrogens is 2. The monoisotopic (exact) mass is 147 g/mol. The summed E-state index contributed by atoms with van der Waals surface area (Å²) in [6.07, 6.45) is 1.63. The Labute approximate surface area is 62.5 Å². The summed E-state index contributed by atoms with van der Waals surface area (Å²) in [7, 11) is 0. The predicted molar refractivity (Wildman–Crippen MR) is 34.5 cm³/mol. The van der Waals surface area contributed by atoms with Crippen LogP contribution in [0.25, 0.3) is 0 Å². The van der Waals surface area contributed by atoms with Crippen LogP contribution in [0.15, 0.2) is 12.4 Å². The summed E-state index contributed by atoms with van der Waals surface area (Å²) in [5.41, 5.74) is 0.424. The average Bonchev–Trinajstić information content (AvgIpc) is 2.04. The summed E-state index contributed by atoms with van der Waals surface area (Å²) in [4.78, 5) is 6.48. The van der Waals surface area contributed by atoms with E-state index in [1.165, 1.54) is 12.4 Å². The summed E-state index contributed by atoms with van der Waals surface area (Å²) >= 11 is 0. The van der Waals surface area contributed by atoms with Crippen LogP contribution < -0.4 is 0 Å². The van der Waals surface area contributed by atoms with E-state index in [-0.39, 0.29) is 0 Å². The molecule has 1 aromatic heterocycles. The summed E-state index contributed by atoms with van der Waals surface area (Å²) in [5, 5.41) is 8.04. The molecule has 1 rings (SSSR count). The van der Waals surface area contributed by atoms with Crippen molar-refractivity contribution in [2.45, 2.75) is 0 Å². The largest absolute Gasteiger partial charge is 0.308 e. The molecule has 4 heteroatoms. The van der Waals surface area contributed by atoms with E-state index in [1.54, 1.807) is 6.07 Å². The number of rotatable bonds is 0. The smallest absolute Gasteiger partial charge is 0.209 e. The van der Waals surface area contributed by atoms with Crippen molar-refractivity contribution in [2.75, 3.05) is 0 Å². The van der Waals surface area contributed by atoms with Crippen LogP contribution in [0.1, 0.15) is 5.56 Å². The molecule has 0 aliphatic heterocycles. The molecule has 0 bridgehead atoms. The SMILES string of the molecule is N#CC#Cc1cnc(F)nc1. The van der Waals surface area contributed by atoms with Gasteiger partial charge in [0.15, 0.2) is 6.07 Å². The van der Waals surface area contributed by atoms with E-state index in [4.69, 9.17) is 5.26 Å². The fourth-order valence-corrected chi connectivity index (χ4v) is 0.477. The molecule has 0 N–H and O–H groups in total. The highest BCUT2D eigenvalue weighted by Crippen LogP contribution is 1.91. The second kappa shape index (κ2) is 3.28. The lowest BCUT2D eigenvalue weighted by atomic mass is 10.3. The maximum absolute atomic E-state index is 12.1. The Balaban J connectivity index is 2.93. The molecule has 0 saturated carbocycles. The molecule has 0 saturated heterocycles. The minimum absolute atomic E-state index is 0.424. The molecule has 3 nitrogen and oxygen atoms in total. The first-order valence-corrected chi connectivity index (χ1v) is 2.70. The average molecular weight is 147 g/mol. The van der Waals surface area contributed by atoms with Crippen LogP contribution in [0.4, 0.5) is 4.39 Å². The van der Waals surface area contributed by atoms with Crippen molar-refractivity contribution in [2.24, 2.45) is 0 Å². The van der Waals surface area contributed by atoms with E-state index in [0.29, 0.717) is 5.56 Å². The van der Waals surface area contributed by atoms with Gasteiger partial charge < -0.3 is 0 Å². The van der Waals surface area contributed by atoms with Gasteiger partial charge in [0.1, 0.15) is 0 Å². The molecule has 0 fully saturated rings. The second-order valence-electron chi connectivity index (χ2n) is 1.60. The molecule has 0 amide bonds. The summed E-state index contributed by atoms with van der Waals surface area (Å²) in [6.45, 7) is 0. The summed E-state index contributed by atoms with van der Waals surface area (Å²) in [6, 6.07) is 1.62. The van der Waals surface area contributed by atoms with Gasteiger partial charge in [-0.3, -0.25) is 0 Å². The number of hydrogen-bond donors (Lipinski definition) is 0. The summed E-state index contributed by atoms with van der Waals surface area (Å²) in [5.74, 6) is 4.56. The van der Waals surface area contributed by atoms with Gasteiger partial charge in [0.2, 0.25) is 0 Å². The van der Waals surface area contributed by atoms with Gasteiger partial charge in [-0.2, -0.15) is 9.65 Å². The Kier molecular flexibility index (Phi) is 2.14. The van der Waals surface area contributed by atoms with Crippen LogP contribution in [-0.2, 0) is 0 Å². The molecule has 0 aliphatic carbocycles. The van der Waals surface area contributed by atoms with Crippen LogP contribution in [0.5, 0.6) is 0 Å². The Morgan fingerprint density at radius 1 is 1.36 bits per heavy atom. The van der Waals surface area contributed by atoms with Crippen molar-refractivity contribution in [1.29, 1.82) is 5.26 Å². The van der Waals surface area contributed by atoms with Gasteiger partial charge in [-0.15, -0.1) is 0 Å². The number of nitrogens with zero attached hydrogens (tertiary/aromatic N) is 3. The van der Waals surface area contributed by atoms with E-state index in [2.05, 4.69) is 21.8 Å². The molecule has 52 valence electrons. The molecule has 0 spiro atoms. The molecular weight excluding hydrogens is 145 g/mol. The molecule has 0 atom stereocenters. The van der Waals surface area contributed by atoms with E-state index in [1.807, 2.05) is 0 Å². The van der Waals surface area contributed by atoms with Crippen molar-refractivity contribution in [3.05, 3.63) is 24.0 Å². The van der Waals surface area contributed by atoms with Gasteiger partial charge in [0.05, 0.1) is 5.56 Å². The Morgan fingerprint density at radius 3 is 2.55 bits per heavy atom. The van der Waals surface area contributed by atoms with E-state index in [9.17, 15) is 4.39 Å². The minimum Gasteiger partial charge on any atom is -0.209 e. The molecular formula is C7H2FN3. The van der Waals surface area contributed by atoms with Gasteiger partial charge >= 0.3 is 6.08 Å². The van der Waals surface area contributed by atoms with Crippen molar-refractivity contribution in [3.8, 4) is 17.9 Å². The van der Waals surface area contributed by atoms with Gasteiger partial charge in [-0.05, 0) is 5.92 Å². The maximum atomic E-state index is 12.1. The molecule has 0 aromatic carbocycles. The fraction of sp³-hybridized carbons (Fsp3) is 0. The summed E-state index contributed by atoms with van der Waals surface area (Å²) < 4.78 is 12.1. The van der Waals surface area contributed by atoms with Gasteiger partial charge in [0.25, 0.3) is 0 Å². The molecule has 0 aliphatic rings. The quantitative estimate of drug-likeness (QED) is 0.396. The maximum Gasteiger partial charge on any atom is 0.308 e. The van der Waals surface area contributed by atoms with Crippen molar-refractivity contribution < 1.29 is 4.39 Å². The zero-order valence-corrected chi connectivity index (χ0v) is 5.37. The Hall–Kier alpha value is -1.94. The first-order chi connectivity index (χ1) is 5.33. The highest BCUT2D eigenvalue weighted by Gasteiger charge is 1.90. The second-order valence-corrected chi connectivity index (χ2v) is 1.60. The minimum atomic E-state index is -0.799. The van der Waals surface area contributed by atoms with Crippen LogP contribution in [0.2, 0.25) is 0 Å². The van der Waals surface area contributed by atoms with Crippen LogP contribution in [-0.4, -0.2) is 9.97 Å². The van der Waals surface area contributed by atoms with Crippen LogP contribution in [0.3, 0.4) is 0 Å². The fourth-order valence-electron chi connectivity index (χ4n) is 0.477. The topological polar surface area (TPSA) is 49.6 Å². The Bertz CT molecular complexity index is 339. The molecule has 1 heterocycles. The standard InChI is InChI=1S/C7H2FN3/c8-7-10-4-6(5-11-7)2-1-3-9/h4-5H. The molecule has 0 radical (unpaired) electrons. The molecule has 1 aromatic rings. The van der Waals surface area contributed by atoms with Gasteiger partial charge in [-0.25, -0.2) is 9.97 Å². The lowest BCUT2D eigenvalue weighted by Gasteiger charge is -1.85. The zero-order chi connectivity index (χ0) is 8.10. The van der Waals surface area contributed by atoms with E-state index >= 15 is 0 Å².